The lowest BCUT2D eigenvalue weighted by Crippen LogP contribution is -2.56. The van der Waals surface area contributed by atoms with Crippen LogP contribution in [0.5, 0.6) is 0 Å². The maximum Gasteiger partial charge on any atom is 0.410 e. The first-order valence-electron chi connectivity index (χ1n) is 17.2. The number of nitrogens with one attached hydrogen (secondary N) is 2. The summed E-state index contributed by atoms with van der Waals surface area (Å²) in [5.41, 5.74) is 6.60. The Labute approximate surface area is 273 Å². The van der Waals surface area contributed by atoms with Crippen molar-refractivity contribution < 1.29 is 19.1 Å². The summed E-state index contributed by atoms with van der Waals surface area (Å²) in [5, 5.41) is 6.50. The number of para-hydroxylation sites is 1. The number of benzene rings is 2. The Hall–Kier alpha value is -3.63. The second-order valence-corrected chi connectivity index (χ2v) is 13.5. The Morgan fingerprint density at radius 2 is 1.52 bits per heavy atom. The Balaban J connectivity index is 1.09. The molecule has 0 spiro atoms. The molecule has 0 saturated carbocycles. The molecule has 3 fully saturated rings. The number of piperidine rings is 2. The van der Waals surface area contributed by atoms with E-state index in [1.54, 1.807) is 4.90 Å². The van der Waals surface area contributed by atoms with E-state index >= 15 is 0 Å². The molecule has 1 unspecified atom stereocenters. The molecular weight excluding hydrogens is 580 g/mol. The highest BCUT2D eigenvalue weighted by Gasteiger charge is 2.36. The van der Waals surface area contributed by atoms with E-state index in [9.17, 15) is 14.4 Å². The van der Waals surface area contributed by atoms with Gasteiger partial charge in [-0.25, -0.2) is 9.59 Å². The highest BCUT2D eigenvalue weighted by atomic mass is 16.6. The number of carbonyl (C=O) groups is 3. The summed E-state index contributed by atoms with van der Waals surface area (Å²) >= 11 is 0. The first-order chi connectivity index (χ1) is 22.3. The molecule has 0 aliphatic carbocycles. The van der Waals surface area contributed by atoms with Crippen LogP contribution in [-0.2, 0) is 22.4 Å². The van der Waals surface area contributed by atoms with Crippen LogP contribution in [0.4, 0.5) is 15.3 Å². The van der Waals surface area contributed by atoms with Gasteiger partial charge in [0.2, 0.25) is 0 Å². The van der Waals surface area contributed by atoms with Crippen molar-refractivity contribution in [3.63, 3.8) is 0 Å². The van der Waals surface area contributed by atoms with Gasteiger partial charge < -0.3 is 30.1 Å². The van der Waals surface area contributed by atoms with E-state index in [0.717, 1.165) is 62.3 Å². The van der Waals surface area contributed by atoms with E-state index in [4.69, 9.17) is 4.74 Å². The third-order valence-electron chi connectivity index (χ3n) is 10.7. The van der Waals surface area contributed by atoms with Crippen molar-refractivity contribution in [2.24, 2.45) is 0 Å². The number of hydrogen-bond acceptors (Lipinski definition) is 6. The monoisotopic (exact) mass is 630 g/mol. The van der Waals surface area contributed by atoms with Crippen LogP contribution in [0.3, 0.4) is 0 Å². The molecule has 1 atom stereocenters. The van der Waals surface area contributed by atoms with E-state index in [0.29, 0.717) is 58.0 Å². The Morgan fingerprint density at radius 3 is 2.22 bits per heavy atom. The van der Waals surface area contributed by atoms with Gasteiger partial charge in [-0.15, -0.1) is 0 Å². The zero-order chi connectivity index (χ0) is 32.2. The van der Waals surface area contributed by atoms with Crippen molar-refractivity contribution in [3.8, 4) is 0 Å². The number of urea groups is 1. The van der Waals surface area contributed by atoms with Gasteiger partial charge in [0.15, 0.2) is 6.10 Å². The van der Waals surface area contributed by atoms with Crippen LogP contribution in [-0.4, -0.2) is 115 Å². The predicted octanol–water partition coefficient (Wildman–Crippen LogP) is 4.11. The quantitative estimate of drug-likeness (QED) is 0.499. The molecule has 2 aromatic rings. The van der Waals surface area contributed by atoms with Crippen LogP contribution in [0.1, 0.15) is 53.5 Å². The summed E-state index contributed by atoms with van der Waals surface area (Å²) in [6, 6.07) is 12.7. The number of ether oxygens (including phenoxy) is 1. The first-order valence-corrected chi connectivity index (χ1v) is 17.2. The Morgan fingerprint density at radius 1 is 0.848 bits per heavy atom. The van der Waals surface area contributed by atoms with Gasteiger partial charge in [0.05, 0.1) is 0 Å². The van der Waals surface area contributed by atoms with Crippen molar-refractivity contribution in [1.82, 2.24) is 24.9 Å². The normalized spacial score (nSPS) is 20.9. The number of fused-ring (bicyclic) bond motifs is 1. The first kappa shape index (κ1) is 32.3. The summed E-state index contributed by atoms with van der Waals surface area (Å²) in [4.78, 5) is 48.7. The van der Waals surface area contributed by atoms with Crippen molar-refractivity contribution >= 4 is 23.7 Å². The number of amides is 4. The molecule has 4 aliphatic rings. The maximum atomic E-state index is 14.0. The van der Waals surface area contributed by atoms with E-state index in [2.05, 4.69) is 54.5 Å². The number of aryl methyl sites for hydroxylation is 2. The van der Waals surface area contributed by atoms with Gasteiger partial charge in [0, 0.05) is 70.0 Å². The molecule has 2 aromatic carbocycles. The molecule has 0 bridgehead atoms. The van der Waals surface area contributed by atoms with Gasteiger partial charge in [0.1, 0.15) is 0 Å². The minimum Gasteiger partial charge on any atom is -0.436 e. The molecule has 248 valence electrons. The average Bonchev–Trinajstić information content (AvgIpc) is 3.25. The fraction of sp³-hybridized carbons (Fsp3) is 0.583. The SMILES string of the molecule is Cc1cc(CC(OC(=O)N2CCC(N3CCc4ccccc4NC3=O)CC2)C(=O)N2CCN(C3CCNCC3)CC2)cc(C)c1C. The Bertz CT molecular complexity index is 1390. The van der Waals surface area contributed by atoms with Crippen LogP contribution in [0.15, 0.2) is 36.4 Å². The standard InChI is InChI=1S/C36H50N6O4/c1-25-22-28(23-26(2)27(25)3)24-33(34(43)40-20-18-39(19-21-40)30-8-13-37-14-9-30)46-36(45)41-15-11-31(12-16-41)42-17-10-29-6-4-5-7-32(29)38-35(42)44/h4-7,22-23,30-31,33,37H,8-21,24H2,1-3H3,(H,38,44). The Kier molecular flexibility index (Phi) is 10.1. The highest BCUT2D eigenvalue weighted by molar-refractivity contribution is 5.91. The second kappa shape index (κ2) is 14.4. The molecule has 2 N–H and O–H groups in total. The second-order valence-electron chi connectivity index (χ2n) is 13.5. The number of nitrogens with zero attached hydrogens (tertiary/aromatic N) is 4. The summed E-state index contributed by atoms with van der Waals surface area (Å²) in [7, 11) is 0. The number of hydrogen-bond donors (Lipinski definition) is 2. The molecule has 6 rings (SSSR count). The number of anilines is 1. The zero-order valence-electron chi connectivity index (χ0n) is 27.7. The number of piperazine rings is 1. The van der Waals surface area contributed by atoms with Gasteiger partial charge >= 0.3 is 12.1 Å². The van der Waals surface area contributed by atoms with E-state index in [-0.39, 0.29) is 18.0 Å². The van der Waals surface area contributed by atoms with Gasteiger partial charge in [-0.05, 0) is 99.8 Å². The minimum absolute atomic E-state index is 0.0468. The van der Waals surface area contributed by atoms with Crippen LogP contribution in [0, 0.1) is 20.8 Å². The third kappa shape index (κ3) is 7.33. The zero-order valence-corrected chi connectivity index (χ0v) is 27.7. The maximum absolute atomic E-state index is 14.0. The van der Waals surface area contributed by atoms with Crippen molar-refractivity contribution in [2.75, 3.05) is 64.2 Å². The van der Waals surface area contributed by atoms with Gasteiger partial charge in [-0.2, -0.15) is 0 Å². The van der Waals surface area contributed by atoms with E-state index in [1.807, 2.05) is 28.0 Å². The molecule has 10 nitrogen and oxygen atoms in total. The van der Waals surface area contributed by atoms with Gasteiger partial charge in [-0.3, -0.25) is 9.69 Å². The largest absolute Gasteiger partial charge is 0.436 e. The van der Waals surface area contributed by atoms with Crippen LogP contribution >= 0.6 is 0 Å². The number of rotatable bonds is 6. The molecule has 0 radical (unpaired) electrons. The average molecular weight is 631 g/mol. The smallest absolute Gasteiger partial charge is 0.410 e. The van der Waals surface area contributed by atoms with Crippen molar-refractivity contribution in [1.29, 1.82) is 0 Å². The number of likely N-dealkylation sites (tertiary alicyclic amines) is 1. The molecule has 46 heavy (non-hydrogen) atoms. The minimum atomic E-state index is -0.882. The summed E-state index contributed by atoms with van der Waals surface area (Å²) in [5.74, 6) is -0.107. The molecule has 0 aromatic heterocycles. The van der Waals surface area contributed by atoms with Crippen LogP contribution < -0.4 is 10.6 Å². The lowest BCUT2D eigenvalue weighted by atomic mass is 9.97. The number of carbonyl (C=O) groups excluding carboxylic acids is 3. The molecule has 4 aliphatic heterocycles. The van der Waals surface area contributed by atoms with E-state index < -0.39 is 12.2 Å². The summed E-state index contributed by atoms with van der Waals surface area (Å²) in [6.07, 6.45) is 3.46. The van der Waals surface area contributed by atoms with Crippen LogP contribution in [0.25, 0.3) is 0 Å². The van der Waals surface area contributed by atoms with Crippen molar-refractivity contribution in [3.05, 3.63) is 64.2 Å². The molecule has 3 saturated heterocycles. The molecule has 10 heteroatoms. The van der Waals surface area contributed by atoms with Gasteiger partial charge in [-0.1, -0.05) is 30.3 Å². The summed E-state index contributed by atoms with van der Waals surface area (Å²) in [6.45, 7) is 13.0. The van der Waals surface area contributed by atoms with E-state index in [1.165, 1.54) is 16.7 Å². The lowest BCUT2D eigenvalue weighted by Gasteiger charge is -2.41. The van der Waals surface area contributed by atoms with Crippen LogP contribution in [0.2, 0.25) is 0 Å². The third-order valence-corrected chi connectivity index (χ3v) is 10.7. The fourth-order valence-corrected chi connectivity index (χ4v) is 7.61. The fourth-order valence-electron chi connectivity index (χ4n) is 7.61. The topological polar surface area (TPSA) is 97.5 Å². The summed E-state index contributed by atoms with van der Waals surface area (Å²) < 4.78 is 6.11. The molecule has 4 heterocycles. The van der Waals surface area contributed by atoms with Crippen molar-refractivity contribution in [2.45, 2.75) is 77.5 Å². The predicted molar refractivity (Wildman–Crippen MR) is 179 cm³/mol. The molecular formula is C36H50N6O4. The highest BCUT2D eigenvalue weighted by Crippen LogP contribution is 2.26. The van der Waals surface area contributed by atoms with Gasteiger partial charge in [0.25, 0.3) is 5.91 Å². The lowest BCUT2D eigenvalue weighted by molar-refractivity contribution is -0.143. The molecule has 4 amide bonds.